The highest BCUT2D eigenvalue weighted by atomic mass is 16.5. The summed E-state index contributed by atoms with van der Waals surface area (Å²) in [7, 11) is 1.89. The third kappa shape index (κ3) is 4.86. The fraction of sp³-hybridized carbons (Fsp3) is 0.800. The van der Waals surface area contributed by atoms with Gasteiger partial charge in [0.1, 0.15) is 5.69 Å². The molecular formula is C20H34N4O2. The van der Waals surface area contributed by atoms with Crippen LogP contribution in [-0.2, 0) is 18.2 Å². The Hall–Kier alpha value is -1.40. The van der Waals surface area contributed by atoms with Gasteiger partial charge in [-0.15, -0.1) is 0 Å². The number of carbonyl (C=O) groups excluding carboxylic acids is 1. The molecule has 0 radical (unpaired) electrons. The predicted octanol–water partition coefficient (Wildman–Crippen LogP) is 2.34. The van der Waals surface area contributed by atoms with Crippen molar-refractivity contribution in [2.75, 3.05) is 39.4 Å². The van der Waals surface area contributed by atoms with E-state index in [0.717, 1.165) is 76.5 Å². The molecule has 6 heteroatoms. The Labute approximate surface area is 157 Å². The molecule has 0 saturated carbocycles. The van der Waals surface area contributed by atoms with Crippen LogP contribution in [-0.4, -0.2) is 70.9 Å². The van der Waals surface area contributed by atoms with Crippen LogP contribution in [0.1, 0.15) is 55.7 Å². The van der Waals surface area contributed by atoms with Crippen LogP contribution in [0.15, 0.2) is 6.07 Å². The Morgan fingerprint density at radius 3 is 2.77 bits per heavy atom. The fourth-order valence-electron chi connectivity index (χ4n) is 4.12. The molecule has 0 aromatic carbocycles. The van der Waals surface area contributed by atoms with Crippen molar-refractivity contribution in [3.63, 3.8) is 0 Å². The summed E-state index contributed by atoms with van der Waals surface area (Å²) in [4.78, 5) is 17.8. The van der Waals surface area contributed by atoms with E-state index < -0.39 is 0 Å². The molecule has 3 heterocycles. The number of rotatable bonds is 6. The van der Waals surface area contributed by atoms with Gasteiger partial charge in [0.2, 0.25) is 0 Å². The second-order valence-electron chi connectivity index (χ2n) is 8.13. The molecule has 1 aromatic rings. The lowest BCUT2D eigenvalue weighted by atomic mass is 9.98. The van der Waals surface area contributed by atoms with Gasteiger partial charge < -0.3 is 9.64 Å². The highest BCUT2D eigenvalue weighted by Crippen LogP contribution is 2.23. The maximum atomic E-state index is 13.2. The number of nitrogens with zero attached hydrogens (tertiary/aromatic N) is 4. The van der Waals surface area contributed by atoms with Crippen molar-refractivity contribution in [3.8, 4) is 0 Å². The van der Waals surface area contributed by atoms with Crippen molar-refractivity contribution >= 4 is 5.91 Å². The predicted molar refractivity (Wildman–Crippen MR) is 102 cm³/mol. The van der Waals surface area contributed by atoms with Gasteiger partial charge in [-0.3, -0.25) is 14.4 Å². The summed E-state index contributed by atoms with van der Waals surface area (Å²) in [6.45, 7) is 9.99. The molecule has 0 spiro atoms. The molecule has 2 fully saturated rings. The van der Waals surface area contributed by atoms with E-state index >= 15 is 0 Å². The molecule has 3 rings (SSSR count). The molecule has 0 bridgehead atoms. The lowest BCUT2D eigenvalue weighted by molar-refractivity contribution is 0.0294. The fourth-order valence-corrected chi connectivity index (χ4v) is 4.12. The third-order valence-electron chi connectivity index (χ3n) is 5.54. The first-order valence-corrected chi connectivity index (χ1v) is 10.2. The van der Waals surface area contributed by atoms with Crippen molar-refractivity contribution in [2.45, 2.75) is 52.0 Å². The van der Waals surface area contributed by atoms with Crippen molar-refractivity contribution in [2.24, 2.45) is 13.0 Å². The normalized spacial score (nSPS) is 22.2. The Morgan fingerprint density at radius 1 is 1.27 bits per heavy atom. The quantitative estimate of drug-likeness (QED) is 0.779. The summed E-state index contributed by atoms with van der Waals surface area (Å²) in [6.07, 6.45) is 5.43. The lowest BCUT2D eigenvalue weighted by Crippen LogP contribution is -2.46. The van der Waals surface area contributed by atoms with Crippen LogP contribution in [0, 0.1) is 5.92 Å². The van der Waals surface area contributed by atoms with Gasteiger partial charge in [0.05, 0.1) is 18.9 Å². The zero-order valence-corrected chi connectivity index (χ0v) is 16.6. The van der Waals surface area contributed by atoms with Crippen LogP contribution in [0.5, 0.6) is 0 Å². The van der Waals surface area contributed by atoms with E-state index in [1.165, 1.54) is 6.42 Å². The van der Waals surface area contributed by atoms with Gasteiger partial charge in [0, 0.05) is 39.3 Å². The number of aryl methyl sites for hydroxylation is 1. The molecule has 0 N–H and O–H groups in total. The number of amides is 1. The SMILES string of the molecule is CC(C)Cc1cc(C(=O)N2CCCCC2CCN2CCOCC2)n(C)n1. The monoisotopic (exact) mass is 362 g/mol. The van der Waals surface area contributed by atoms with Crippen LogP contribution in [0.4, 0.5) is 0 Å². The lowest BCUT2D eigenvalue weighted by Gasteiger charge is -2.37. The first-order chi connectivity index (χ1) is 12.5. The third-order valence-corrected chi connectivity index (χ3v) is 5.54. The zero-order chi connectivity index (χ0) is 18.5. The summed E-state index contributed by atoms with van der Waals surface area (Å²) in [6, 6.07) is 2.35. The number of ether oxygens (including phenoxy) is 1. The van der Waals surface area contributed by atoms with Gasteiger partial charge in [-0.05, 0) is 44.1 Å². The van der Waals surface area contributed by atoms with Crippen molar-refractivity contribution in [1.82, 2.24) is 19.6 Å². The summed E-state index contributed by atoms with van der Waals surface area (Å²) in [5.74, 6) is 0.700. The van der Waals surface area contributed by atoms with Gasteiger partial charge in [-0.1, -0.05) is 13.8 Å². The molecule has 26 heavy (non-hydrogen) atoms. The van der Waals surface area contributed by atoms with Gasteiger partial charge in [0.15, 0.2) is 0 Å². The first kappa shape index (κ1) is 19.4. The van der Waals surface area contributed by atoms with E-state index in [0.29, 0.717) is 12.0 Å². The number of hydrogen-bond donors (Lipinski definition) is 0. The number of likely N-dealkylation sites (tertiary alicyclic amines) is 1. The smallest absolute Gasteiger partial charge is 0.272 e. The molecule has 146 valence electrons. The number of aromatic nitrogens is 2. The summed E-state index contributed by atoms with van der Waals surface area (Å²) in [5.41, 5.74) is 1.76. The second-order valence-corrected chi connectivity index (χ2v) is 8.13. The highest BCUT2D eigenvalue weighted by Gasteiger charge is 2.29. The molecule has 1 aromatic heterocycles. The Morgan fingerprint density at radius 2 is 2.04 bits per heavy atom. The number of morpholine rings is 1. The van der Waals surface area contributed by atoms with Gasteiger partial charge in [0.25, 0.3) is 5.91 Å². The molecule has 2 saturated heterocycles. The minimum atomic E-state index is 0.154. The zero-order valence-electron chi connectivity index (χ0n) is 16.6. The molecule has 1 unspecified atom stereocenters. The summed E-state index contributed by atoms with van der Waals surface area (Å²) >= 11 is 0. The van der Waals surface area contributed by atoms with Gasteiger partial charge in [-0.2, -0.15) is 5.10 Å². The summed E-state index contributed by atoms with van der Waals surface area (Å²) in [5, 5.41) is 4.56. The van der Waals surface area contributed by atoms with Crippen molar-refractivity contribution in [3.05, 3.63) is 17.5 Å². The average molecular weight is 363 g/mol. The minimum absolute atomic E-state index is 0.154. The Kier molecular flexibility index (Phi) is 6.70. The van der Waals surface area contributed by atoms with E-state index in [4.69, 9.17) is 4.74 Å². The number of hydrogen-bond acceptors (Lipinski definition) is 4. The highest BCUT2D eigenvalue weighted by molar-refractivity contribution is 5.93. The first-order valence-electron chi connectivity index (χ1n) is 10.2. The van der Waals surface area contributed by atoms with E-state index in [9.17, 15) is 4.79 Å². The van der Waals surface area contributed by atoms with E-state index in [1.807, 2.05) is 13.1 Å². The topological polar surface area (TPSA) is 50.6 Å². The van der Waals surface area contributed by atoms with Crippen LogP contribution in [0.3, 0.4) is 0 Å². The van der Waals surface area contributed by atoms with Crippen molar-refractivity contribution in [1.29, 1.82) is 0 Å². The van der Waals surface area contributed by atoms with Crippen LogP contribution >= 0.6 is 0 Å². The maximum Gasteiger partial charge on any atom is 0.272 e. The van der Waals surface area contributed by atoms with Crippen LogP contribution < -0.4 is 0 Å². The van der Waals surface area contributed by atoms with Crippen molar-refractivity contribution < 1.29 is 9.53 Å². The average Bonchev–Trinajstić information content (AvgIpc) is 3.00. The van der Waals surface area contributed by atoms with E-state index in [1.54, 1.807) is 4.68 Å². The van der Waals surface area contributed by atoms with Gasteiger partial charge in [-0.25, -0.2) is 0 Å². The largest absolute Gasteiger partial charge is 0.379 e. The molecule has 2 aliphatic heterocycles. The molecule has 1 atom stereocenters. The van der Waals surface area contributed by atoms with E-state index in [2.05, 4.69) is 28.7 Å². The molecular weight excluding hydrogens is 328 g/mol. The van der Waals surface area contributed by atoms with Gasteiger partial charge >= 0.3 is 0 Å². The summed E-state index contributed by atoms with van der Waals surface area (Å²) < 4.78 is 7.21. The Balaban J connectivity index is 1.64. The van der Waals surface area contributed by atoms with Crippen LogP contribution in [0.2, 0.25) is 0 Å². The standard InChI is InChI=1S/C20H34N4O2/c1-16(2)14-17-15-19(22(3)21-17)20(25)24-8-5-4-6-18(24)7-9-23-10-12-26-13-11-23/h15-16,18H,4-14H2,1-3H3. The Bertz CT molecular complexity index is 593. The van der Waals surface area contributed by atoms with Crippen LogP contribution in [0.25, 0.3) is 0 Å². The number of carbonyl (C=O) groups is 1. The minimum Gasteiger partial charge on any atom is -0.379 e. The molecule has 6 nitrogen and oxygen atoms in total. The molecule has 0 aliphatic carbocycles. The second kappa shape index (κ2) is 9.00. The number of piperidine rings is 1. The maximum absolute atomic E-state index is 13.2. The molecule has 1 amide bonds. The molecule has 2 aliphatic rings. The van der Waals surface area contributed by atoms with E-state index in [-0.39, 0.29) is 5.91 Å².